The smallest absolute Gasteiger partial charge is 0.265 e. The van der Waals surface area contributed by atoms with Crippen LogP contribution in [0.4, 0.5) is 0 Å². The van der Waals surface area contributed by atoms with E-state index in [1.54, 1.807) is 6.20 Å². The number of amides is 1. The summed E-state index contributed by atoms with van der Waals surface area (Å²) in [5, 5.41) is 5.39. The molecule has 0 bridgehead atoms. The van der Waals surface area contributed by atoms with Crippen LogP contribution in [0.1, 0.15) is 45.2 Å². The van der Waals surface area contributed by atoms with Gasteiger partial charge in [-0.2, -0.15) is 5.10 Å². The van der Waals surface area contributed by atoms with Gasteiger partial charge in [-0.05, 0) is 33.6 Å². The van der Waals surface area contributed by atoms with Gasteiger partial charge in [0.25, 0.3) is 5.91 Å². The first-order valence-corrected chi connectivity index (χ1v) is 7.97. The molecule has 3 heterocycles. The zero-order valence-electron chi connectivity index (χ0n) is 12.5. The van der Waals surface area contributed by atoms with E-state index in [0.717, 1.165) is 40.9 Å². The van der Waals surface area contributed by atoms with Crippen molar-refractivity contribution in [3.8, 4) is 0 Å². The lowest BCUT2D eigenvalue weighted by atomic mass is 10.1. The number of likely N-dealkylation sites (tertiary alicyclic amines) is 1. The Balaban J connectivity index is 1.77. The molecule has 0 aromatic carbocycles. The number of rotatable bonds is 2. The fourth-order valence-electron chi connectivity index (χ4n) is 2.84. The monoisotopic (exact) mass is 305 g/mol. The first-order valence-electron chi connectivity index (χ1n) is 7.16. The Labute approximate surface area is 127 Å². The van der Waals surface area contributed by atoms with Crippen molar-refractivity contribution >= 4 is 17.2 Å². The van der Waals surface area contributed by atoms with Gasteiger partial charge in [-0.1, -0.05) is 0 Å². The average molecular weight is 305 g/mol. The lowest BCUT2D eigenvalue weighted by Crippen LogP contribution is -2.41. The lowest BCUT2D eigenvalue weighted by Gasteiger charge is -2.32. The third-order valence-electron chi connectivity index (χ3n) is 3.77. The van der Waals surface area contributed by atoms with Crippen molar-refractivity contribution in [3.63, 3.8) is 0 Å². The Bertz CT molecular complexity index is 662. The Hall–Kier alpha value is -1.76. The van der Waals surface area contributed by atoms with Crippen LogP contribution in [-0.2, 0) is 0 Å². The van der Waals surface area contributed by atoms with Crippen LogP contribution in [0.2, 0.25) is 0 Å². The summed E-state index contributed by atoms with van der Waals surface area (Å²) in [4.78, 5) is 23.7. The molecular weight excluding hydrogens is 286 g/mol. The molecule has 6 nitrogen and oxygen atoms in total. The maximum atomic E-state index is 12.5. The van der Waals surface area contributed by atoms with Crippen molar-refractivity contribution in [3.05, 3.63) is 27.7 Å². The van der Waals surface area contributed by atoms with Crippen LogP contribution in [0, 0.1) is 20.8 Å². The lowest BCUT2D eigenvalue weighted by molar-refractivity contribution is 0.0676. The second-order valence-electron chi connectivity index (χ2n) is 5.44. The number of piperidine rings is 1. The van der Waals surface area contributed by atoms with Crippen molar-refractivity contribution in [1.29, 1.82) is 0 Å². The second kappa shape index (κ2) is 5.55. The third-order valence-corrected chi connectivity index (χ3v) is 4.67. The molecule has 7 heteroatoms. The van der Waals surface area contributed by atoms with E-state index in [0.29, 0.717) is 6.54 Å². The average Bonchev–Trinajstić information content (AvgIpc) is 3.04. The van der Waals surface area contributed by atoms with Crippen LogP contribution < -0.4 is 0 Å². The fraction of sp³-hybridized carbons (Fsp3) is 0.571. The number of carbonyl (C=O) groups excluding carboxylic acids is 1. The first kappa shape index (κ1) is 14.2. The molecular formula is C14H19N5OS. The van der Waals surface area contributed by atoms with Gasteiger partial charge in [0.2, 0.25) is 0 Å². The molecule has 0 spiro atoms. The largest absolute Gasteiger partial charge is 0.336 e. The first-order chi connectivity index (χ1) is 10.0. The molecule has 0 radical (unpaired) electrons. The quantitative estimate of drug-likeness (QED) is 0.852. The number of hydrogen-bond acceptors (Lipinski definition) is 5. The van der Waals surface area contributed by atoms with Crippen LogP contribution in [-0.4, -0.2) is 43.6 Å². The molecule has 0 N–H and O–H groups in total. The predicted octanol–water partition coefficient (Wildman–Crippen LogP) is 2.14. The Morgan fingerprint density at radius 3 is 2.81 bits per heavy atom. The normalized spacial score (nSPS) is 19.0. The van der Waals surface area contributed by atoms with Gasteiger partial charge in [0.1, 0.15) is 16.5 Å². The van der Waals surface area contributed by atoms with Gasteiger partial charge in [-0.25, -0.2) is 14.6 Å². The summed E-state index contributed by atoms with van der Waals surface area (Å²) < 4.78 is 1.96. The molecule has 2 aromatic rings. The van der Waals surface area contributed by atoms with Gasteiger partial charge in [-0.3, -0.25) is 4.79 Å². The highest BCUT2D eigenvalue weighted by atomic mass is 32.1. The minimum Gasteiger partial charge on any atom is -0.336 e. The summed E-state index contributed by atoms with van der Waals surface area (Å²) in [6.07, 6.45) is 3.71. The van der Waals surface area contributed by atoms with Gasteiger partial charge >= 0.3 is 0 Å². The van der Waals surface area contributed by atoms with E-state index in [2.05, 4.69) is 15.1 Å². The molecule has 112 valence electrons. The predicted molar refractivity (Wildman–Crippen MR) is 80.5 cm³/mol. The Kier molecular flexibility index (Phi) is 3.75. The molecule has 1 aliphatic rings. The highest BCUT2D eigenvalue weighted by Gasteiger charge is 2.27. The molecule has 21 heavy (non-hydrogen) atoms. The minimum absolute atomic E-state index is 0.0831. The molecule has 0 aliphatic carbocycles. The van der Waals surface area contributed by atoms with Gasteiger partial charge in [0.15, 0.2) is 0 Å². The second-order valence-corrected chi connectivity index (χ2v) is 6.68. The maximum absolute atomic E-state index is 12.5. The zero-order valence-corrected chi connectivity index (χ0v) is 13.4. The van der Waals surface area contributed by atoms with Crippen molar-refractivity contribution in [2.24, 2.45) is 0 Å². The summed E-state index contributed by atoms with van der Waals surface area (Å²) >= 11 is 1.46. The number of nitrogens with zero attached hydrogens (tertiary/aromatic N) is 5. The number of aromatic nitrogens is 4. The summed E-state index contributed by atoms with van der Waals surface area (Å²) in [7, 11) is 0. The van der Waals surface area contributed by atoms with Crippen molar-refractivity contribution < 1.29 is 4.79 Å². The van der Waals surface area contributed by atoms with Crippen LogP contribution in [0.25, 0.3) is 0 Å². The van der Waals surface area contributed by atoms with E-state index in [4.69, 9.17) is 0 Å². The van der Waals surface area contributed by atoms with Gasteiger partial charge in [-0.15, -0.1) is 11.3 Å². The standard InChI is InChI=1S/C14H19N5OS/c1-9-16-10(2)19(17-9)12-5-4-6-18(8-12)14(20)13-7-15-11(3)21-13/h7,12H,4-6,8H2,1-3H3. The van der Waals surface area contributed by atoms with Gasteiger partial charge < -0.3 is 4.90 Å². The summed E-state index contributed by atoms with van der Waals surface area (Å²) in [5.74, 6) is 1.79. The van der Waals surface area contributed by atoms with Crippen LogP contribution >= 0.6 is 11.3 Å². The summed E-state index contributed by atoms with van der Waals surface area (Å²) in [6.45, 7) is 7.28. The minimum atomic E-state index is 0.0831. The van der Waals surface area contributed by atoms with E-state index >= 15 is 0 Å². The Morgan fingerprint density at radius 1 is 1.38 bits per heavy atom. The van der Waals surface area contributed by atoms with Crippen molar-refractivity contribution in [1.82, 2.24) is 24.6 Å². The molecule has 3 rings (SSSR count). The molecule has 0 saturated carbocycles. The number of hydrogen-bond donors (Lipinski definition) is 0. The Morgan fingerprint density at radius 2 is 2.19 bits per heavy atom. The van der Waals surface area contributed by atoms with Gasteiger partial charge in [0.05, 0.1) is 17.2 Å². The van der Waals surface area contributed by atoms with E-state index < -0.39 is 0 Å². The third kappa shape index (κ3) is 2.83. The molecule has 1 atom stereocenters. The number of carbonyl (C=O) groups is 1. The molecule has 1 aliphatic heterocycles. The zero-order chi connectivity index (χ0) is 15.0. The molecule has 1 fully saturated rings. The van der Waals surface area contributed by atoms with E-state index in [-0.39, 0.29) is 11.9 Å². The van der Waals surface area contributed by atoms with E-state index in [1.165, 1.54) is 11.3 Å². The molecule has 1 saturated heterocycles. The SMILES string of the molecule is Cc1nc(C)n(C2CCCN(C(=O)c3cnc(C)s3)C2)n1. The topological polar surface area (TPSA) is 63.9 Å². The summed E-state index contributed by atoms with van der Waals surface area (Å²) in [5.41, 5.74) is 0. The van der Waals surface area contributed by atoms with Crippen molar-refractivity contribution in [2.45, 2.75) is 39.7 Å². The van der Waals surface area contributed by atoms with Crippen LogP contribution in [0.5, 0.6) is 0 Å². The number of thiazole rings is 1. The molecule has 2 aromatic heterocycles. The van der Waals surface area contributed by atoms with Gasteiger partial charge in [0, 0.05) is 13.1 Å². The van der Waals surface area contributed by atoms with Crippen LogP contribution in [0.15, 0.2) is 6.20 Å². The highest BCUT2D eigenvalue weighted by molar-refractivity contribution is 7.13. The number of aryl methyl sites for hydroxylation is 3. The fourth-order valence-corrected chi connectivity index (χ4v) is 3.58. The van der Waals surface area contributed by atoms with Crippen molar-refractivity contribution in [2.75, 3.05) is 13.1 Å². The maximum Gasteiger partial charge on any atom is 0.265 e. The molecule has 1 amide bonds. The van der Waals surface area contributed by atoms with E-state index in [1.807, 2.05) is 30.4 Å². The summed E-state index contributed by atoms with van der Waals surface area (Å²) in [6, 6.07) is 0.220. The highest BCUT2D eigenvalue weighted by Crippen LogP contribution is 2.24. The molecule has 1 unspecified atom stereocenters. The van der Waals surface area contributed by atoms with E-state index in [9.17, 15) is 4.79 Å². The van der Waals surface area contributed by atoms with Crippen LogP contribution in [0.3, 0.4) is 0 Å².